The highest BCUT2D eigenvalue weighted by Crippen LogP contribution is 2.45. The monoisotopic (exact) mass is 1530 g/mol. The SMILES string of the molecule is CC/C=C\C/C=C\C/C=C\C/C=C\CCCCCCCCC(=O)OCC(COP(=O)(O)OCC(O)COP(=O)(O)OCC(COC(=O)CCCCCCCC/C=C\C/C=C\C/C=C\C/C=C\CC)OC(=O)CCCCCCCCCCCCCCC)OC(=O)CCCCCCC/C=C\C/C=C\C/C=C\CC. The minimum absolute atomic E-state index is 0.0696. The van der Waals surface area contributed by atoms with Gasteiger partial charge in [0.15, 0.2) is 12.2 Å². The van der Waals surface area contributed by atoms with Crippen LogP contribution in [-0.4, -0.2) is 96.7 Å². The maximum atomic E-state index is 13.1. The number of allylic oxidation sites excluding steroid dienone is 22. The van der Waals surface area contributed by atoms with Crippen molar-refractivity contribution in [3.8, 4) is 0 Å². The maximum absolute atomic E-state index is 13.1. The lowest BCUT2D eigenvalue weighted by molar-refractivity contribution is -0.161. The van der Waals surface area contributed by atoms with Gasteiger partial charge < -0.3 is 33.8 Å². The van der Waals surface area contributed by atoms with E-state index in [4.69, 9.17) is 37.0 Å². The average molecular weight is 1530 g/mol. The van der Waals surface area contributed by atoms with Crippen molar-refractivity contribution >= 4 is 39.5 Å². The third kappa shape index (κ3) is 77.4. The van der Waals surface area contributed by atoms with E-state index < -0.39 is 97.5 Å². The number of esters is 4. The van der Waals surface area contributed by atoms with Crippen molar-refractivity contribution in [1.82, 2.24) is 0 Å². The molecule has 0 bridgehead atoms. The summed E-state index contributed by atoms with van der Waals surface area (Å²) in [5, 5.41) is 10.7. The number of ether oxygens (including phenoxy) is 4. The summed E-state index contributed by atoms with van der Waals surface area (Å²) in [6, 6.07) is 0. The van der Waals surface area contributed by atoms with Crippen LogP contribution in [0.2, 0.25) is 0 Å². The first-order chi connectivity index (χ1) is 51.7. The molecule has 0 heterocycles. The van der Waals surface area contributed by atoms with E-state index in [2.05, 4.69) is 161 Å². The quantitative estimate of drug-likeness (QED) is 0.0169. The van der Waals surface area contributed by atoms with Crippen molar-refractivity contribution in [2.24, 2.45) is 0 Å². The summed E-state index contributed by atoms with van der Waals surface area (Å²) in [5.74, 6) is -2.21. The fourth-order valence-electron chi connectivity index (χ4n) is 10.9. The highest BCUT2D eigenvalue weighted by atomic mass is 31.2. The molecular weight excluding hydrogens is 1380 g/mol. The number of carbonyl (C=O) groups is 4. The summed E-state index contributed by atoms with van der Waals surface area (Å²) in [5.41, 5.74) is 0. The van der Waals surface area contributed by atoms with Crippen LogP contribution in [0.4, 0.5) is 0 Å². The molecule has 17 nitrogen and oxygen atoms in total. The van der Waals surface area contributed by atoms with Gasteiger partial charge in [-0.25, -0.2) is 9.13 Å². The van der Waals surface area contributed by atoms with Crippen molar-refractivity contribution < 1.29 is 80.2 Å². The molecule has 0 rings (SSSR count). The Morgan fingerprint density at radius 3 is 0.755 bits per heavy atom. The summed E-state index contributed by atoms with van der Waals surface area (Å²) in [6.45, 7) is 4.52. The molecule has 0 fully saturated rings. The second-order valence-corrected chi connectivity index (χ2v) is 30.2. The van der Waals surface area contributed by atoms with E-state index in [1.807, 2.05) is 0 Å². The Balaban J connectivity index is 5.37. The molecule has 106 heavy (non-hydrogen) atoms. The normalized spacial score (nSPS) is 14.5. The summed E-state index contributed by atoms with van der Waals surface area (Å²) in [6.07, 6.45) is 88.4. The second-order valence-electron chi connectivity index (χ2n) is 27.3. The maximum Gasteiger partial charge on any atom is 0.472 e. The number of carbonyl (C=O) groups excluding carboxylic acids is 4. The van der Waals surface area contributed by atoms with E-state index >= 15 is 0 Å². The zero-order chi connectivity index (χ0) is 77.4. The van der Waals surface area contributed by atoms with E-state index in [9.17, 15) is 43.2 Å². The van der Waals surface area contributed by atoms with E-state index in [0.29, 0.717) is 25.7 Å². The molecular formula is C87H148O17P2. The standard InChI is InChI=1S/C87H148O17P2/c1-5-9-13-17-21-25-29-33-36-38-40-42-45-48-51-55-59-63-67-71-84(89)97-77-82(103-86(91)73-69-65-61-57-53-47-32-28-24-20-16-12-8-4)79-101-105(93,94)99-75-81(88)76-100-106(95,96)102-80-83(104-87(92)74-70-66-62-58-54-50-44-35-31-27-23-19-15-11-7-3)78-98-85(90)72-68-64-60-56-52-49-46-43-41-39-37-34-30-26-22-18-14-10-6-2/h9-11,13-15,21-23,25-27,33-37,40-44,81-83,88H,5-8,12,16-20,24,28-32,38-39,45-80H2,1-4H3,(H,93,94)(H,95,96)/b13-9-,14-10-,15-11-,25-21-,26-22-,27-23-,36-33-,37-34-,42-40-,43-41-,44-35-. The zero-order valence-electron chi connectivity index (χ0n) is 66.6. The minimum atomic E-state index is -4.99. The molecule has 0 spiro atoms. The van der Waals surface area contributed by atoms with Crippen molar-refractivity contribution in [2.75, 3.05) is 39.6 Å². The predicted molar refractivity (Wildman–Crippen MR) is 436 cm³/mol. The van der Waals surface area contributed by atoms with Gasteiger partial charge in [0.25, 0.3) is 0 Å². The van der Waals surface area contributed by atoms with Crippen LogP contribution >= 0.6 is 15.6 Å². The minimum Gasteiger partial charge on any atom is -0.462 e. The van der Waals surface area contributed by atoms with Crippen LogP contribution in [-0.2, 0) is 65.4 Å². The number of unbranched alkanes of at least 4 members (excludes halogenated alkanes) is 29. The molecule has 19 heteroatoms. The van der Waals surface area contributed by atoms with Gasteiger partial charge in [-0.05, 0) is 135 Å². The molecule has 0 aliphatic heterocycles. The predicted octanol–water partition coefficient (Wildman–Crippen LogP) is 24.4. The third-order valence-corrected chi connectivity index (χ3v) is 19.0. The molecule has 0 amide bonds. The third-order valence-electron chi connectivity index (χ3n) is 17.1. The van der Waals surface area contributed by atoms with Crippen LogP contribution in [0.3, 0.4) is 0 Å². The number of rotatable bonds is 77. The number of phosphoric acid groups is 2. The van der Waals surface area contributed by atoms with Crippen molar-refractivity contribution in [3.05, 3.63) is 134 Å². The molecule has 0 aliphatic rings. The van der Waals surface area contributed by atoms with Gasteiger partial charge in [-0.3, -0.25) is 37.3 Å². The van der Waals surface area contributed by atoms with Crippen molar-refractivity contribution in [1.29, 1.82) is 0 Å². The Hall–Kier alpha value is -4.80. The largest absolute Gasteiger partial charge is 0.472 e. The van der Waals surface area contributed by atoms with Gasteiger partial charge in [0.05, 0.1) is 26.4 Å². The van der Waals surface area contributed by atoms with Crippen LogP contribution in [0.5, 0.6) is 0 Å². The topological polar surface area (TPSA) is 237 Å². The first-order valence-electron chi connectivity index (χ1n) is 41.4. The second kappa shape index (κ2) is 78.3. The van der Waals surface area contributed by atoms with Crippen LogP contribution < -0.4 is 0 Å². The molecule has 0 saturated carbocycles. The van der Waals surface area contributed by atoms with Crippen molar-refractivity contribution in [3.63, 3.8) is 0 Å². The molecule has 0 aromatic carbocycles. The van der Waals surface area contributed by atoms with Crippen LogP contribution in [0.1, 0.15) is 336 Å². The fourth-order valence-corrected chi connectivity index (χ4v) is 12.5. The molecule has 0 saturated heterocycles. The number of hydrogen-bond acceptors (Lipinski definition) is 15. The number of phosphoric ester groups is 2. The first kappa shape index (κ1) is 101. The van der Waals surface area contributed by atoms with E-state index in [-0.39, 0.29) is 25.7 Å². The van der Waals surface area contributed by atoms with Gasteiger partial charge in [0, 0.05) is 25.7 Å². The highest BCUT2D eigenvalue weighted by Gasteiger charge is 2.30. The Morgan fingerprint density at radius 1 is 0.274 bits per heavy atom. The Kier molecular flexibility index (Phi) is 74.8. The van der Waals surface area contributed by atoms with Crippen molar-refractivity contribution in [2.45, 2.75) is 354 Å². The first-order valence-corrected chi connectivity index (χ1v) is 44.4. The van der Waals surface area contributed by atoms with Gasteiger partial charge in [-0.1, -0.05) is 309 Å². The van der Waals surface area contributed by atoms with Crippen LogP contribution in [0, 0.1) is 0 Å². The van der Waals surface area contributed by atoms with E-state index in [1.54, 1.807) is 0 Å². The Morgan fingerprint density at radius 2 is 0.491 bits per heavy atom. The number of hydrogen-bond donors (Lipinski definition) is 3. The molecule has 0 aliphatic carbocycles. The lowest BCUT2D eigenvalue weighted by Crippen LogP contribution is -2.30. The summed E-state index contributed by atoms with van der Waals surface area (Å²) >= 11 is 0. The van der Waals surface area contributed by atoms with Gasteiger partial charge in [0.2, 0.25) is 0 Å². The molecule has 0 radical (unpaired) electrons. The number of aliphatic hydroxyl groups excluding tert-OH is 1. The van der Waals surface area contributed by atoms with Crippen LogP contribution in [0.25, 0.3) is 0 Å². The summed E-state index contributed by atoms with van der Waals surface area (Å²) in [7, 11) is -9.97. The Bertz CT molecular complexity index is 2530. The molecule has 3 N–H and O–H groups in total. The fraction of sp³-hybridized carbons (Fsp3) is 0.701. The molecule has 0 aromatic heterocycles. The molecule has 608 valence electrons. The van der Waals surface area contributed by atoms with Gasteiger partial charge in [0.1, 0.15) is 19.3 Å². The summed E-state index contributed by atoms with van der Waals surface area (Å²) < 4.78 is 68.7. The smallest absolute Gasteiger partial charge is 0.462 e. The number of aliphatic hydroxyl groups is 1. The lowest BCUT2D eigenvalue weighted by Gasteiger charge is -2.21. The van der Waals surface area contributed by atoms with Crippen LogP contribution in [0.15, 0.2) is 134 Å². The van der Waals surface area contributed by atoms with E-state index in [0.717, 1.165) is 205 Å². The Labute approximate surface area is 644 Å². The molecule has 0 aromatic rings. The van der Waals surface area contributed by atoms with Gasteiger partial charge in [-0.15, -0.1) is 0 Å². The average Bonchev–Trinajstić information content (AvgIpc) is 0.933. The lowest BCUT2D eigenvalue weighted by atomic mass is 10.0. The molecule has 5 atom stereocenters. The van der Waals surface area contributed by atoms with Gasteiger partial charge >= 0.3 is 39.5 Å². The highest BCUT2D eigenvalue weighted by molar-refractivity contribution is 7.47. The zero-order valence-corrected chi connectivity index (χ0v) is 68.4. The van der Waals surface area contributed by atoms with E-state index in [1.165, 1.54) is 51.4 Å². The summed E-state index contributed by atoms with van der Waals surface area (Å²) in [4.78, 5) is 73.1. The van der Waals surface area contributed by atoms with Gasteiger partial charge in [-0.2, -0.15) is 0 Å². The molecule has 5 unspecified atom stereocenters.